The van der Waals surface area contributed by atoms with Crippen LogP contribution in [0.5, 0.6) is 0 Å². The lowest BCUT2D eigenvalue weighted by atomic mass is 9.89. The van der Waals surface area contributed by atoms with Crippen molar-refractivity contribution >= 4 is 5.91 Å². The van der Waals surface area contributed by atoms with E-state index in [-0.39, 0.29) is 18.1 Å². The van der Waals surface area contributed by atoms with E-state index in [1.54, 1.807) is 7.11 Å². The first kappa shape index (κ1) is 16.4. The quantitative estimate of drug-likeness (QED) is 0.922. The molecule has 126 valence electrons. The highest BCUT2D eigenvalue weighted by Crippen LogP contribution is 2.30. The molecule has 0 spiro atoms. The molecule has 1 N–H and O–H groups in total. The highest BCUT2D eigenvalue weighted by Gasteiger charge is 2.44. The van der Waals surface area contributed by atoms with Crippen LogP contribution in [0.2, 0.25) is 0 Å². The Labute approximate surface area is 137 Å². The molecular formula is C18H26N2O3. The summed E-state index contributed by atoms with van der Waals surface area (Å²) >= 11 is 0. The molecule has 2 atom stereocenters. The van der Waals surface area contributed by atoms with Gasteiger partial charge in [0.25, 0.3) is 5.91 Å². The van der Waals surface area contributed by atoms with Crippen LogP contribution in [0.4, 0.5) is 0 Å². The van der Waals surface area contributed by atoms with Gasteiger partial charge in [-0.3, -0.25) is 4.79 Å². The first-order valence-corrected chi connectivity index (χ1v) is 8.40. The van der Waals surface area contributed by atoms with E-state index in [0.29, 0.717) is 13.1 Å². The van der Waals surface area contributed by atoms with Gasteiger partial charge < -0.3 is 19.7 Å². The summed E-state index contributed by atoms with van der Waals surface area (Å²) in [7, 11) is 1.65. The van der Waals surface area contributed by atoms with Crippen molar-refractivity contribution < 1.29 is 14.3 Å². The van der Waals surface area contributed by atoms with Crippen LogP contribution in [-0.4, -0.2) is 55.8 Å². The van der Waals surface area contributed by atoms with E-state index in [4.69, 9.17) is 9.47 Å². The van der Waals surface area contributed by atoms with E-state index >= 15 is 0 Å². The van der Waals surface area contributed by atoms with Crippen molar-refractivity contribution in [2.24, 2.45) is 0 Å². The monoisotopic (exact) mass is 318 g/mol. The first-order valence-electron chi connectivity index (χ1n) is 8.40. The van der Waals surface area contributed by atoms with Gasteiger partial charge in [-0.25, -0.2) is 0 Å². The average Bonchev–Trinajstić information content (AvgIpc) is 2.62. The number of hydrogen-bond acceptors (Lipinski definition) is 4. The number of nitrogens with zero attached hydrogens (tertiary/aromatic N) is 1. The molecule has 2 aliphatic rings. The number of morpholine rings is 1. The molecule has 2 unspecified atom stereocenters. The fourth-order valence-corrected chi connectivity index (χ4v) is 3.59. The topological polar surface area (TPSA) is 50.8 Å². The van der Waals surface area contributed by atoms with Gasteiger partial charge in [0.1, 0.15) is 11.7 Å². The van der Waals surface area contributed by atoms with Crippen LogP contribution in [0, 0.1) is 0 Å². The van der Waals surface area contributed by atoms with Crippen molar-refractivity contribution in [1.29, 1.82) is 0 Å². The number of methoxy groups -OCH3 is 1. The van der Waals surface area contributed by atoms with Crippen LogP contribution >= 0.6 is 0 Å². The van der Waals surface area contributed by atoms with Gasteiger partial charge >= 0.3 is 0 Å². The Morgan fingerprint density at radius 1 is 1.26 bits per heavy atom. The fraction of sp³-hybridized carbons (Fsp3) is 0.611. The lowest BCUT2D eigenvalue weighted by molar-refractivity contribution is -0.170. The molecule has 0 bridgehead atoms. The number of carbonyl (C=O) groups is 1. The number of ether oxygens (including phenoxy) is 2. The number of benzene rings is 1. The smallest absolute Gasteiger partial charge is 0.255 e. The summed E-state index contributed by atoms with van der Waals surface area (Å²) in [6, 6.07) is 10.1. The second-order valence-corrected chi connectivity index (χ2v) is 6.50. The Hall–Kier alpha value is -1.43. The molecule has 2 saturated heterocycles. The van der Waals surface area contributed by atoms with Gasteiger partial charge in [-0.2, -0.15) is 0 Å². The molecule has 0 radical (unpaired) electrons. The molecule has 1 amide bonds. The second-order valence-electron chi connectivity index (χ2n) is 6.50. The SMILES string of the molecule is COC1(C(=O)N2CC(C)OC(c3ccccc3)C2)CCNCC1. The zero-order valence-electron chi connectivity index (χ0n) is 14.0. The van der Waals surface area contributed by atoms with Gasteiger partial charge in [0, 0.05) is 13.7 Å². The predicted octanol–water partition coefficient (Wildman–Crippen LogP) is 1.74. The Bertz CT molecular complexity index is 528. The molecule has 23 heavy (non-hydrogen) atoms. The van der Waals surface area contributed by atoms with Gasteiger partial charge in [-0.05, 0) is 38.4 Å². The van der Waals surface area contributed by atoms with Crippen LogP contribution in [-0.2, 0) is 14.3 Å². The van der Waals surface area contributed by atoms with E-state index in [2.05, 4.69) is 17.4 Å². The van der Waals surface area contributed by atoms with Gasteiger partial charge in [0.05, 0.1) is 12.6 Å². The number of nitrogens with one attached hydrogen (secondary N) is 1. The molecule has 2 aliphatic heterocycles. The highest BCUT2D eigenvalue weighted by atomic mass is 16.5. The van der Waals surface area contributed by atoms with Gasteiger partial charge in [0.15, 0.2) is 0 Å². The molecule has 1 aromatic rings. The minimum Gasteiger partial charge on any atom is -0.368 e. The lowest BCUT2D eigenvalue weighted by Gasteiger charge is -2.43. The molecule has 1 aromatic carbocycles. The van der Waals surface area contributed by atoms with Crippen molar-refractivity contribution in [3.8, 4) is 0 Å². The normalized spacial score (nSPS) is 27.7. The van der Waals surface area contributed by atoms with Crippen molar-refractivity contribution in [1.82, 2.24) is 10.2 Å². The van der Waals surface area contributed by atoms with Crippen molar-refractivity contribution in [3.05, 3.63) is 35.9 Å². The van der Waals surface area contributed by atoms with Gasteiger partial charge in [0.2, 0.25) is 0 Å². The number of hydrogen-bond donors (Lipinski definition) is 1. The average molecular weight is 318 g/mol. The van der Waals surface area contributed by atoms with Crippen molar-refractivity contribution in [3.63, 3.8) is 0 Å². The summed E-state index contributed by atoms with van der Waals surface area (Å²) in [6.45, 7) is 4.88. The summed E-state index contributed by atoms with van der Waals surface area (Å²) in [5.41, 5.74) is 0.442. The standard InChI is InChI=1S/C18H26N2O3/c1-14-12-20(13-16(23-14)15-6-4-3-5-7-15)17(21)18(22-2)8-10-19-11-9-18/h3-7,14,16,19H,8-13H2,1-2H3. The maximum absolute atomic E-state index is 13.1. The van der Waals surface area contributed by atoms with Gasteiger partial charge in [-0.15, -0.1) is 0 Å². The summed E-state index contributed by atoms with van der Waals surface area (Å²) in [5, 5.41) is 3.30. The largest absolute Gasteiger partial charge is 0.368 e. The van der Waals surface area contributed by atoms with E-state index in [0.717, 1.165) is 31.5 Å². The van der Waals surface area contributed by atoms with E-state index < -0.39 is 5.60 Å². The summed E-state index contributed by atoms with van der Waals surface area (Å²) in [4.78, 5) is 15.1. The molecule has 0 saturated carbocycles. The molecule has 5 nitrogen and oxygen atoms in total. The summed E-state index contributed by atoms with van der Waals surface area (Å²) in [6.07, 6.45) is 1.40. The zero-order valence-corrected chi connectivity index (χ0v) is 14.0. The number of rotatable bonds is 3. The van der Waals surface area contributed by atoms with Crippen LogP contribution in [0.3, 0.4) is 0 Å². The number of piperidine rings is 1. The van der Waals surface area contributed by atoms with Crippen molar-refractivity contribution in [2.45, 2.75) is 37.6 Å². The number of amides is 1. The zero-order chi connectivity index (χ0) is 16.3. The molecule has 3 rings (SSSR count). The third-order valence-electron chi connectivity index (χ3n) is 4.91. The van der Waals surface area contributed by atoms with Crippen LogP contribution in [0.15, 0.2) is 30.3 Å². The second kappa shape index (κ2) is 6.99. The first-order chi connectivity index (χ1) is 11.1. The third-order valence-corrected chi connectivity index (χ3v) is 4.91. The molecular weight excluding hydrogens is 292 g/mol. The third kappa shape index (κ3) is 3.42. The predicted molar refractivity (Wildman–Crippen MR) is 88.2 cm³/mol. The molecule has 2 heterocycles. The van der Waals surface area contributed by atoms with E-state index in [1.165, 1.54) is 0 Å². The van der Waals surface area contributed by atoms with Crippen LogP contribution < -0.4 is 5.32 Å². The molecule has 0 aliphatic carbocycles. The van der Waals surface area contributed by atoms with E-state index in [1.807, 2.05) is 30.0 Å². The molecule has 0 aromatic heterocycles. The van der Waals surface area contributed by atoms with Crippen molar-refractivity contribution in [2.75, 3.05) is 33.3 Å². The summed E-state index contributed by atoms with van der Waals surface area (Å²) in [5.74, 6) is 0.109. The lowest BCUT2D eigenvalue weighted by Crippen LogP contribution is -2.58. The maximum Gasteiger partial charge on any atom is 0.255 e. The Morgan fingerprint density at radius 2 is 1.96 bits per heavy atom. The molecule has 5 heteroatoms. The number of carbonyl (C=O) groups excluding carboxylic acids is 1. The van der Waals surface area contributed by atoms with Gasteiger partial charge in [-0.1, -0.05) is 30.3 Å². The minimum atomic E-state index is -0.677. The Balaban J connectivity index is 1.77. The summed E-state index contributed by atoms with van der Waals surface area (Å²) < 4.78 is 11.8. The fourth-order valence-electron chi connectivity index (χ4n) is 3.59. The maximum atomic E-state index is 13.1. The highest BCUT2D eigenvalue weighted by molar-refractivity contribution is 5.85. The van der Waals surface area contributed by atoms with Crippen LogP contribution in [0.1, 0.15) is 31.4 Å². The molecule has 2 fully saturated rings. The Kier molecular flexibility index (Phi) is 4.99. The van der Waals surface area contributed by atoms with Crippen LogP contribution in [0.25, 0.3) is 0 Å². The minimum absolute atomic E-state index is 0.0218. The Morgan fingerprint density at radius 3 is 2.61 bits per heavy atom. The van der Waals surface area contributed by atoms with E-state index in [9.17, 15) is 4.79 Å².